The van der Waals surface area contributed by atoms with Gasteiger partial charge in [-0.2, -0.15) is 5.10 Å². The van der Waals surface area contributed by atoms with Crippen molar-refractivity contribution < 1.29 is 24.7 Å². The number of para-hydroxylation sites is 1. The van der Waals surface area contributed by atoms with E-state index >= 15 is 0 Å². The number of hydroxylamine groups is 1. The number of hydrogen-bond donors (Lipinski definition) is 2. The molecule has 10 nitrogen and oxygen atoms in total. The number of hydrogen-bond acceptors (Lipinski definition) is 9. The molecule has 0 aromatic heterocycles. The van der Waals surface area contributed by atoms with Crippen molar-refractivity contribution in [1.29, 1.82) is 0 Å². The fraction of sp³-hybridized carbons (Fsp3) is 0.333. The summed E-state index contributed by atoms with van der Waals surface area (Å²) in [7, 11) is 0. The molecule has 0 fully saturated rings. The summed E-state index contributed by atoms with van der Waals surface area (Å²) in [6, 6.07) is 6.47. The lowest BCUT2D eigenvalue weighted by Gasteiger charge is -2.38. The third-order valence-electron chi connectivity index (χ3n) is 3.91. The Balaban J connectivity index is 2.08. The van der Waals surface area contributed by atoms with E-state index in [1.165, 1.54) is 12.4 Å². The van der Waals surface area contributed by atoms with Gasteiger partial charge < -0.3 is 9.94 Å². The maximum atomic E-state index is 13.1. The summed E-state index contributed by atoms with van der Waals surface area (Å²) in [5, 5.41) is 29.6. The molecule has 0 saturated heterocycles. The molecule has 0 bridgehead atoms. The van der Waals surface area contributed by atoms with Crippen molar-refractivity contribution in [3.63, 3.8) is 0 Å². The van der Waals surface area contributed by atoms with Crippen molar-refractivity contribution in [3.05, 3.63) is 29.8 Å². The first-order valence-electron chi connectivity index (χ1n) is 7.67. The molecule has 1 amide bonds. The van der Waals surface area contributed by atoms with Gasteiger partial charge in [-0.25, -0.2) is 4.79 Å². The number of anilines is 1. The normalized spacial score (nSPS) is 21.7. The van der Waals surface area contributed by atoms with Gasteiger partial charge in [0.25, 0.3) is 5.91 Å². The maximum Gasteiger partial charge on any atom is 0.333 e. The fourth-order valence-electron chi connectivity index (χ4n) is 2.77. The lowest BCUT2D eigenvalue weighted by molar-refractivity contribution is -0.287. The molecule has 1 unspecified atom stereocenters. The summed E-state index contributed by atoms with van der Waals surface area (Å²) < 4.78 is 0. The smallest absolute Gasteiger partial charge is 0.333 e. The van der Waals surface area contributed by atoms with Crippen LogP contribution >= 0.6 is 0 Å². The van der Waals surface area contributed by atoms with E-state index in [-0.39, 0.29) is 12.1 Å². The van der Waals surface area contributed by atoms with Gasteiger partial charge in [0, 0.05) is 12.0 Å². The van der Waals surface area contributed by atoms with Crippen molar-refractivity contribution in [2.24, 2.45) is 10.2 Å². The first kappa shape index (κ1) is 16.9. The van der Waals surface area contributed by atoms with Crippen LogP contribution in [0.2, 0.25) is 0 Å². The first-order chi connectivity index (χ1) is 12.1. The minimum Gasteiger partial charge on any atom is -0.393 e. The van der Waals surface area contributed by atoms with Gasteiger partial charge >= 0.3 is 5.97 Å². The zero-order chi connectivity index (χ0) is 18.0. The zero-order valence-electron chi connectivity index (χ0n) is 13.4. The average molecular weight is 347 g/mol. The molecule has 10 heteroatoms. The number of rotatable bonds is 5. The summed E-state index contributed by atoms with van der Waals surface area (Å²) in [5.74, 6) is -1.35. The van der Waals surface area contributed by atoms with E-state index in [0.717, 1.165) is 10.2 Å². The van der Waals surface area contributed by atoms with Crippen LogP contribution < -0.4 is 5.06 Å². The van der Waals surface area contributed by atoms with Crippen molar-refractivity contribution in [1.82, 2.24) is 10.4 Å². The van der Waals surface area contributed by atoms with Crippen LogP contribution in [0.15, 0.2) is 34.5 Å². The molecule has 2 aliphatic rings. The first-order valence-corrected chi connectivity index (χ1v) is 7.67. The van der Waals surface area contributed by atoms with Crippen LogP contribution in [0.3, 0.4) is 0 Å². The van der Waals surface area contributed by atoms with Crippen LogP contribution in [0.1, 0.15) is 25.3 Å². The van der Waals surface area contributed by atoms with E-state index < -0.39 is 24.0 Å². The van der Waals surface area contributed by atoms with Crippen LogP contribution in [0.25, 0.3) is 0 Å². The molecule has 2 N–H and O–H groups in total. The Morgan fingerprint density at radius 2 is 2.00 bits per heavy atom. The second-order valence-corrected chi connectivity index (χ2v) is 5.44. The van der Waals surface area contributed by atoms with E-state index in [9.17, 15) is 19.9 Å². The standard InChI is InChI=1S/C15H17N5O5/c1-2-5-13(22)25-18-12-7-4-3-6-11(12)15(10-21,14(18)23)19-16-8-9-17-20(19)24/h3-4,6-9,21,24H,2,5,10H2,1H3. The number of carbonyl (C=O) groups excluding carboxylic acids is 2. The highest BCUT2D eigenvalue weighted by atomic mass is 16.7. The van der Waals surface area contributed by atoms with Crippen LogP contribution in [0, 0.1) is 0 Å². The molecular formula is C15H17N5O5. The quantitative estimate of drug-likeness (QED) is 0.790. The number of aliphatic hydroxyl groups excluding tert-OH is 1. The minimum absolute atomic E-state index is 0.135. The molecule has 0 aliphatic carbocycles. The molecule has 2 heterocycles. The number of nitrogens with zero attached hydrogens (tertiary/aromatic N) is 5. The van der Waals surface area contributed by atoms with Gasteiger partial charge in [0.15, 0.2) is 0 Å². The summed E-state index contributed by atoms with van der Waals surface area (Å²) in [6.07, 6.45) is 3.16. The molecule has 0 radical (unpaired) electrons. The highest BCUT2D eigenvalue weighted by Crippen LogP contribution is 2.45. The topological polar surface area (TPSA) is 118 Å². The van der Waals surface area contributed by atoms with Crippen molar-refractivity contribution >= 4 is 30.0 Å². The summed E-state index contributed by atoms with van der Waals surface area (Å²) in [5.41, 5.74) is -1.21. The molecule has 1 aromatic carbocycles. The monoisotopic (exact) mass is 347 g/mol. The third-order valence-corrected chi connectivity index (χ3v) is 3.91. The molecule has 1 aromatic rings. The zero-order valence-corrected chi connectivity index (χ0v) is 13.4. The Morgan fingerprint density at radius 1 is 1.28 bits per heavy atom. The molecule has 0 saturated carbocycles. The summed E-state index contributed by atoms with van der Waals surface area (Å²) >= 11 is 0. The second kappa shape index (κ2) is 6.49. The van der Waals surface area contributed by atoms with Gasteiger partial charge in [0.05, 0.1) is 24.7 Å². The molecule has 132 valence electrons. The Bertz CT molecular complexity index is 752. The van der Waals surface area contributed by atoms with Crippen molar-refractivity contribution in [3.8, 4) is 0 Å². The average Bonchev–Trinajstić information content (AvgIpc) is 2.85. The van der Waals surface area contributed by atoms with E-state index in [2.05, 4.69) is 10.2 Å². The highest BCUT2D eigenvalue weighted by Gasteiger charge is 2.59. The maximum absolute atomic E-state index is 13.1. The summed E-state index contributed by atoms with van der Waals surface area (Å²) in [6.45, 7) is 1.08. The Labute approximate surface area is 143 Å². The second-order valence-electron chi connectivity index (χ2n) is 5.44. The number of hydrazone groups is 2. The molecule has 0 spiro atoms. The largest absolute Gasteiger partial charge is 0.393 e. The Kier molecular flexibility index (Phi) is 4.38. The van der Waals surface area contributed by atoms with Gasteiger partial charge in [0.2, 0.25) is 5.54 Å². The molecule has 25 heavy (non-hydrogen) atoms. The molecule has 3 rings (SSSR count). The molecule has 2 aliphatic heterocycles. The van der Waals surface area contributed by atoms with Gasteiger partial charge in [-0.05, 0) is 12.5 Å². The van der Waals surface area contributed by atoms with Gasteiger partial charge in [-0.3, -0.25) is 10.0 Å². The Hall–Kier alpha value is -2.98. The van der Waals surface area contributed by atoms with Crippen LogP contribution in [-0.4, -0.2) is 51.6 Å². The van der Waals surface area contributed by atoms with Crippen molar-refractivity contribution in [2.45, 2.75) is 25.3 Å². The van der Waals surface area contributed by atoms with E-state index in [1.54, 1.807) is 24.3 Å². The Morgan fingerprint density at radius 3 is 2.68 bits per heavy atom. The predicted molar refractivity (Wildman–Crippen MR) is 86.1 cm³/mol. The molecule has 1 atom stereocenters. The van der Waals surface area contributed by atoms with E-state index in [1.807, 2.05) is 6.92 Å². The summed E-state index contributed by atoms with van der Waals surface area (Å²) in [4.78, 5) is 30.2. The predicted octanol–water partition coefficient (Wildman–Crippen LogP) is 0.373. The van der Waals surface area contributed by atoms with E-state index in [0.29, 0.717) is 17.3 Å². The highest BCUT2D eigenvalue weighted by molar-refractivity contribution is 6.16. The lowest BCUT2D eigenvalue weighted by Crippen LogP contribution is -2.58. The van der Waals surface area contributed by atoms with Gasteiger partial charge in [0.1, 0.15) is 0 Å². The minimum atomic E-state index is -1.81. The number of fused-ring (bicyclic) bond motifs is 1. The number of amides is 1. The van der Waals surface area contributed by atoms with Crippen LogP contribution in [-0.2, 0) is 20.0 Å². The molecular weight excluding hydrogens is 330 g/mol. The fourth-order valence-corrected chi connectivity index (χ4v) is 2.77. The lowest BCUT2D eigenvalue weighted by atomic mass is 9.92. The van der Waals surface area contributed by atoms with Crippen LogP contribution in [0.4, 0.5) is 5.69 Å². The van der Waals surface area contributed by atoms with Gasteiger partial charge in [-0.15, -0.1) is 15.3 Å². The third kappa shape index (κ3) is 2.51. The van der Waals surface area contributed by atoms with Crippen LogP contribution in [0.5, 0.6) is 0 Å². The number of benzene rings is 1. The van der Waals surface area contributed by atoms with E-state index in [4.69, 9.17) is 4.84 Å². The van der Waals surface area contributed by atoms with Crippen molar-refractivity contribution in [2.75, 3.05) is 11.7 Å². The number of aliphatic hydroxyl groups is 1. The SMILES string of the molecule is CCCC(=O)ON1C(=O)C(CO)(N2N=CC=NN2O)c2ccccc21. The number of carbonyl (C=O) groups is 2. The number of hydrazine groups is 1. The van der Waals surface area contributed by atoms with Gasteiger partial charge in [-0.1, -0.05) is 30.4 Å².